The predicted molar refractivity (Wildman–Crippen MR) is 101 cm³/mol. The molecule has 1 N–H and O–H groups in total. The van der Waals surface area contributed by atoms with Crippen molar-refractivity contribution in [2.24, 2.45) is 17.8 Å². The zero-order valence-electron chi connectivity index (χ0n) is 15.4. The summed E-state index contributed by atoms with van der Waals surface area (Å²) >= 11 is 0. The van der Waals surface area contributed by atoms with E-state index in [0.29, 0.717) is 30.3 Å². The highest BCUT2D eigenvalue weighted by molar-refractivity contribution is 6.21. The van der Waals surface area contributed by atoms with Gasteiger partial charge in [-0.1, -0.05) is 12.5 Å². The fourth-order valence-electron chi connectivity index (χ4n) is 5.66. The summed E-state index contributed by atoms with van der Waals surface area (Å²) in [6.45, 7) is 0.645. The molecular formula is C21H25N3O3. The number of rotatable bonds is 4. The number of amides is 4. The monoisotopic (exact) mass is 367 g/mol. The fraction of sp³-hybridized carbons (Fsp3) is 0.571. The van der Waals surface area contributed by atoms with Gasteiger partial charge in [0.1, 0.15) is 6.04 Å². The number of hydrogen-bond donors (Lipinski definition) is 1. The molecule has 2 heterocycles. The van der Waals surface area contributed by atoms with Crippen molar-refractivity contribution in [3.05, 3.63) is 24.3 Å². The highest BCUT2D eigenvalue weighted by Crippen LogP contribution is 2.49. The van der Waals surface area contributed by atoms with Gasteiger partial charge in [0.2, 0.25) is 5.91 Å². The first-order chi connectivity index (χ1) is 13.1. The third kappa shape index (κ3) is 2.82. The SMILES string of the molecule is O=C(C[C@@H]1C[C@H]2CC[C@H]1C2)Nc1cccc(N2C(=O)[C@H]3CCCN3C2=O)c1. The van der Waals surface area contributed by atoms with Crippen molar-refractivity contribution in [3.63, 3.8) is 0 Å². The molecule has 4 atom stereocenters. The van der Waals surface area contributed by atoms with Crippen LogP contribution >= 0.6 is 0 Å². The second-order valence-corrected chi connectivity index (χ2v) is 8.55. The molecule has 2 saturated heterocycles. The number of nitrogens with zero attached hydrogens (tertiary/aromatic N) is 2. The summed E-state index contributed by atoms with van der Waals surface area (Å²) in [5.41, 5.74) is 1.19. The molecule has 2 aliphatic carbocycles. The van der Waals surface area contributed by atoms with Crippen molar-refractivity contribution in [3.8, 4) is 0 Å². The van der Waals surface area contributed by atoms with E-state index in [-0.39, 0.29) is 23.9 Å². The van der Waals surface area contributed by atoms with E-state index >= 15 is 0 Å². The number of imide groups is 1. The van der Waals surface area contributed by atoms with Crippen LogP contribution in [-0.2, 0) is 9.59 Å². The fourth-order valence-corrected chi connectivity index (χ4v) is 5.66. The number of anilines is 2. The molecule has 4 fully saturated rings. The summed E-state index contributed by atoms with van der Waals surface area (Å²) < 4.78 is 0. The van der Waals surface area contributed by atoms with Crippen molar-refractivity contribution in [2.75, 3.05) is 16.8 Å². The van der Waals surface area contributed by atoms with Crippen LogP contribution in [0.1, 0.15) is 44.9 Å². The number of benzene rings is 1. The topological polar surface area (TPSA) is 69.7 Å². The minimum Gasteiger partial charge on any atom is -0.326 e. The van der Waals surface area contributed by atoms with Crippen LogP contribution in [-0.4, -0.2) is 35.3 Å². The van der Waals surface area contributed by atoms with E-state index in [4.69, 9.17) is 0 Å². The summed E-state index contributed by atoms with van der Waals surface area (Å²) in [6.07, 6.45) is 7.28. The lowest BCUT2D eigenvalue weighted by Crippen LogP contribution is -2.33. The molecule has 4 amide bonds. The smallest absolute Gasteiger partial charge is 0.326 e. The predicted octanol–water partition coefficient (Wildman–Crippen LogP) is 3.38. The lowest BCUT2D eigenvalue weighted by molar-refractivity contribution is -0.119. The number of nitrogens with one attached hydrogen (secondary N) is 1. The van der Waals surface area contributed by atoms with E-state index in [1.165, 1.54) is 30.6 Å². The van der Waals surface area contributed by atoms with Gasteiger partial charge in [0.05, 0.1) is 5.69 Å². The Hall–Kier alpha value is -2.37. The molecule has 0 spiro atoms. The van der Waals surface area contributed by atoms with Gasteiger partial charge in [-0.2, -0.15) is 0 Å². The molecule has 5 rings (SSSR count). The Labute approximate surface area is 158 Å². The maximum Gasteiger partial charge on any atom is 0.332 e. The largest absolute Gasteiger partial charge is 0.332 e. The Balaban J connectivity index is 1.27. The van der Waals surface area contributed by atoms with E-state index in [0.717, 1.165) is 24.7 Å². The first-order valence-electron chi connectivity index (χ1n) is 10.1. The molecule has 1 aromatic carbocycles. The van der Waals surface area contributed by atoms with Crippen molar-refractivity contribution >= 4 is 29.2 Å². The van der Waals surface area contributed by atoms with Gasteiger partial charge in [-0.25, -0.2) is 9.69 Å². The molecule has 142 valence electrons. The summed E-state index contributed by atoms with van der Waals surface area (Å²) in [5, 5.41) is 2.97. The summed E-state index contributed by atoms with van der Waals surface area (Å²) in [7, 11) is 0. The Morgan fingerprint density at radius 2 is 2.04 bits per heavy atom. The Morgan fingerprint density at radius 1 is 1.15 bits per heavy atom. The molecule has 4 aliphatic rings. The molecule has 2 aliphatic heterocycles. The average Bonchev–Trinajstić information content (AvgIpc) is 3.40. The van der Waals surface area contributed by atoms with Crippen molar-refractivity contribution in [2.45, 2.75) is 51.0 Å². The highest BCUT2D eigenvalue weighted by Gasteiger charge is 2.48. The van der Waals surface area contributed by atoms with Crippen LogP contribution in [0.4, 0.5) is 16.2 Å². The van der Waals surface area contributed by atoms with Crippen LogP contribution < -0.4 is 10.2 Å². The third-order valence-electron chi connectivity index (χ3n) is 6.92. The van der Waals surface area contributed by atoms with Gasteiger partial charge < -0.3 is 10.2 Å². The maximum absolute atomic E-state index is 12.6. The third-order valence-corrected chi connectivity index (χ3v) is 6.92. The molecule has 2 bridgehead atoms. The zero-order valence-corrected chi connectivity index (χ0v) is 15.4. The number of carbonyl (C=O) groups is 3. The molecule has 2 saturated carbocycles. The molecule has 6 heteroatoms. The van der Waals surface area contributed by atoms with Crippen LogP contribution in [0.5, 0.6) is 0 Å². The number of fused-ring (bicyclic) bond motifs is 3. The van der Waals surface area contributed by atoms with Crippen LogP contribution in [0.25, 0.3) is 0 Å². The summed E-state index contributed by atoms with van der Waals surface area (Å²) in [4.78, 5) is 40.6. The van der Waals surface area contributed by atoms with E-state index in [1.807, 2.05) is 6.07 Å². The first-order valence-corrected chi connectivity index (χ1v) is 10.1. The standard InChI is InChI=1S/C21H25N3O3/c25-19(11-15-10-13-6-7-14(15)9-13)22-16-3-1-4-17(12-16)24-20(26)18-5-2-8-23(18)21(24)27/h1,3-4,12-15,18H,2,5-11H2,(H,22,25)/t13-,14-,15-,18+/m0/s1. The lowest BCUT2D eigenvalue weighted by atomic mass is 9.86. The van der Waals surface area contributed by atoms with Crippen LogP contribution in [0.3, 0.4) is 0 Å². The summed E-state index contributed by atoms with van der Waals surface area (Å²) in [6, 6.07) is 6.53. The minimum absolute atomic E-state index is 0.0318. The van der Waals surface area contributed by atoms with Gasteiger partial charge in [0.15, 0.2) is 0 Å². The van der Waals surface area contributed by atoms with Crippen LogP contribution in [0, 0.1) is 17.8 Å². The van der Waals surface area contributed by atoms with Gasteiger partial charge in [-0.05, 0) is 68.1 Å². The number of hydrogen-bond acceptors (Lipinski definition) is 3. The Morgan fingerprint density at radius 3 is 2.78 bits per heavy atom. The summed E-state index contributed by atoms with van der Waals surface area (Å²) in [5.74, 6) is 1.95. The van der Waals surface area contributed by atoms with Crippen molar-refractivity contribution < 1.29 is 14.4 Å². The van der Waals surface area contributed by atoms with Crippen molar-refractivity contribution in [1.29, 1.82) is 0 Å². The zero-order chi connectivity index (χ0) is 18.5. The molecule has 0 radical (unpaired) electrons. The number of urea groups is 1. The van der Waals surface area contributed by atoms with Crippen LogP contribution in [0.15, 0.2) is 24.3 Å². The highest BCUT2D eigenvalue weighted by atomic mass is 16.2. The molecule has 0 aromatic heterocycles. The van der Waals surface area contributed by atoms with Crippen molar-refractivity contribution in [1.82, 2.24) is 4.90 Å². The molecular weight excluding hydrogens is 342 g/mol. The maximum atomic E-state index is 12.6. The molecule has 1 aromatic rings. The average molecular weight is 367 g/mol. The van der Waals surface area contributed by atoms with Gasteiger partial charge in [0, 0.05) is 18.7 Å². The first kappa shape index (κ1) is 16.8. The number of carbonyl (C=O) groups excluding carboxylic acids is 3. The second kappa shape index (κ2) is 6.36. The normalized spacial score (nSPS) is 31.7. The van der Waals surface area contributed by atoms with E-state index in [2.05, 4.69) is 5.32 Å². The van der Waals surface area contributed by atoms with E-state index in [1.54, 1.807) is 23.1 Å². The Kier molecular flexibility index (Phi) is 3.95. The molecule has 27 heavy (non-hydrogen) atoms. The molecule has 6 nitrogen and oxygen atoms in total. The minimum atomic E-state index is -0.312. The Bertz CT molecular complexity index is 786. The second-order valence-electron chi connectivity index (χ2n) is 8.55. The van der Waals surface area contributed by atoms with Gasteiger partial charge in [-0.15, -0.1) is 0 Å². The quantitative estimate of drug-likeness (QED) is 0.830. The molecule has 0 unspecified atom stereocenters. The van der Waals surface area contributed by atoms with Gasteiger partial charge >= 0.3 is 6.03 Å². The van der Waals surface area contributed by atoms with Gasteiger partial charge in [0.25, 0.3) is 5.91 Å². The van der Waals surface area contributed by atoms with E-state index < -0.39 is 0 Å². The van der Waals surface area contributed by atoms with Gasteiger partial charge in [-0.3, -0.25) is 9.59 Å². The van der Waals surface area contributed by atoms with E-state index in [9.17, 15) is 14.4 Å². The lowest BCUT2D eigenvalue weighted by Gasteiger charge is -2.21. The van der Waals surface area contributed by atoms with Crippen LogP contribution in [0.2, 0.25) is 0 Å².